The van der Waals surface area contributed by atoms with E-state index in [4.69, 9.17) is 11.6 Å². The highest BCUT2D eigenvalue weighted by atomic mass is 35.5. The maximum Gasteiger partial charge on any atom is 0.321 e. The molecule has 1 saturated heterocycles. The Hall–Kier alpha value is -3.13. The Morgan fingerprint density at radius 1 is 1.10 bits per heavy atom. The van der Waals surface area contributed by atoms with Crippen molar-refractivity contribution in [2.45, 2.75) is 13.8 Å². The summed E-state index contributed by atoms with van der Waals surface area (Å²) >= 11 is 6.14. The Bertz CT molecular complexity index is 1010. The molecule has 3 heterocycles. The molecular weight excluding hydrogens is 390 g/mol. The topological polar surface area (TPSA) is 79.2 Å². The lowest BCUT2D eigenvalue weighted by molar-refractivity contribution is 0.208. The van der Waals surface area contributed by atoms with Gasteiger partial charge in [-0.05, 0) is 31.5 Å². The molecule has 0 aliphatic carbocycles. The summed E-state index contributed by atoms with van der Waals surface area (Å²) in [6.45, 7) is 6.37. The van der Waals surface area contributed by atoms with Gasteiger partial charge in [0.1, 0.15) is 23.8 Å². The monoisotopic (exact) mass is 411 g/mol. The second kappa shape index (κ2) is 8.08. The lowest BCUT2D eigenvalue weighted by atomic mass is 10.2. The fourth-order valence-corrected chi connectivity index (χ4v) is 3.48. The number of carbonyl (C=O) groups excluding carboxylic acids is 1. The number of carbonyl (C=O) groups is 1. The van der Waals surface area contributed by atoms with E-state index < -0.39 is 0 Å². The summed E-state index contributed by atoms with van der Waals surface area (Å²) in [5.41, 5.74) is 1.60. The number of nitrogens with zero attached hydrogens (tertiary/aromatic N) is 6. The van der Waals surface area contributed by atoms with Crippen LogP contribution < -0.4 is 10.2 Å². The van der Waals surface area contributed by atoms with Crippen LogP contribution in [0.1, 0.15) is 11.4 Å². The molecule has 0 spiro atoms. The molecule has 4 rings (SSSR count). The number of imidazole rings is 1. The van der Waals surface area contributed by atoms with E-state index in [2.05, 4.69) is 25.2 Å². The number of piperazine rings is 1. The highest BCUT2D eigenvalue weighted by Crippen LogP contribution is 2.23. The second-order valence-corrected chi connectivity index (χ2v) is 7.33. The van der Waals surface area contributed by atoms with Gasteiger partial charge in [-0.25, -0.2) is 19.7 Å². The molecule has 0 atom stereocenters. The number of rotatable bonds is 3. The molecule has 1 aliphatic heterocycles. The number of hydrogen-bond acceptors (Lipinski definition) is 5. The average molecular weight is 412 g/mol. The summed E-state index contributed by atoms with van der Waals surface area (Å²) < 4.78 is 1.86. The van der Waals surface area contributed by atoms with Crippen molar-refractivity contribution in [3.8, 4) is 5.82 Å². The minimum atomic E-state index is -0.118. The van der Waals surface area contributed by atoms with Gasteiger partial charge in [0, 0.05) is 55.3 Å². The van der Waals surface area contributed by atoms with Crippen molar-refractivity contribution >= 4 is 29.1 Å². The third kappa shape index (κ3) is 4.17. The zero-order valence-electron chi connectivity index (χ0n) is 16.3. The standard InChI is InChI=1S/C20H22ClN7O/c1-14-16(21)4-3-5-17(14)25-20(29)27-10-8-26(9-11-27)18-12-19(24-15(2)23-18)28-7-6-22-13-28/h3-7,12-13H,8-11H2,1-2H3,(H,25,29). The van der Waals surface area contributed by atoms with Crippen molar-refractivity contribution < 1.29 is 4.79 Å². The number of benzene rings is 1. The quantitative estimate of drug-likeness (QED) is 0.715. The van der Waals surface area contributed by atoms with Crippen molar-refractivity contribution in [2.24, 2.45) is 0 Å². The first-order chi connectivity index (χ1) is 14.0. The smallest absolute Gasteiger partial charge is 0.321 e. The summed E-state index contributed by atoms with van der Waals surface area (Å²) in [5.74, 6) is 2.33. The van der Waals surface area contributed by atoms with Crippen LogP contribution in [0, 0.1) is 13.8 Å². The van der Waals surface area contributed by atoms with E-state index >= 15 is 0 Å². The number of halogens is 1. The predicted octanol–water partition coefficient (Wildman–Crippen LogP) is 3.29. The van der Waals surface area contributed by atoms with Gasteiger partial charge in [-0.2, -0.15) is 0 Å². The van der Waals surface area contributed by atoms with Gasteiger partial charge in [0.15, 0.2) is 0 Å². The van der Waals surface area contributed by atoms with Crippen LogP contribution in [0.5, 0.6) is 0 Å². The van der Waals surface area contributed by atoms with E-state index in [1.54, 1.807) is 12.5 Å². The molecule has 2 aromatic heterocycles. The van der Waals surface area contributed by atoms with E-state index in [1.165, 1.54) is 0 Å². The van der Waals surface area contributed by atoms with Crippen molar-refractivity contribution in [1.29, 1.82) is 0 Å². The molecule has 1 aliphatic rings. The highest BCUT2D eigenvalue weighted by Gasteiger charge is 2.23. The van der Waals surface area contributed by atoms with Gasteiger partial charge in [0.05, 0.1) is 0 Å². The number of urea groups is 1. The zero-order chi connectivity index (χ0) is 20.4. The minimum Gasteiger partial charge on any atom is -0.353 e. The molecule has 1 N–H and O–H groups in total. The van der Waals surface area contributed by atoms with Crippen molar-refractivity contribution in [1.82, 2.24) is 24.4 Å². The molecule has 0 radical (unpaired) electrons. The number of hydrogen-bond donors (Lipinski definition) is 1. The van der Waals surface area contributed by atoms with Crippen LogP contribution in [0.4, 0.5) is 16.3 Å². The lowest BCUT2D eigenvalue weighted by Gasteiger charge is -2.35. The van der Waals surface area contributed by atoms with E-state index in [9.17, 15) is 4.79 Å². The van der Waals surface area contributed by atoms with Gasteiger partial charge in [0.25, 0.3) is 0 Å². The molecule has 1 aromatic carbocycles. The van der Waals surface area contributed by atoms with Crippen LogP contribution in [0.2, 0.25) is 5.02 Å². The van der Waals surface area contributed by atoms with E-state index in [-0.39, 0.29) is 6.03 Å². The van der Waals surface area contributed by atoms with Crippen molar-refractivity contribution in [2.75, 3.05) is 36.4 Å². The van der Waals surface area contributed by atoms with E-state index in [0.717, 1.165) is 22.9 Å². The molecule has 9 heteroatoms. The van der Waals surface area contributed by atoms with Gasteiger partial charge >= 0.3 is 6.03 Å². The largest absolute Gasteiger partial charge is 0.353 e. The minimum absolute atomic E-state index is 0.118. The molecular formula is C20H22ClN7O. The summed E-state index contributed by atoms with van der Waals surface area (Å²) in [5, 5.41) is 3.60. The van der Waals surface area contributed by atoms with Crippen LogP contribution in [0.3, 0.4) is 0 Å². The SMILES string of the molecule is Cc1nc(N2CCN(C(=O)Nc3cccc(Cl)c3C)CC2)cc(-n2ccnc2)n1. The number of aryl methyl sites for hydroxylation is 1. The fraction of sp³-hybridized carbons (Fsp3) is 0.300. The summed E-state index contributed by atoms with van der Waals surface area (Å²) in [6.07, 6.45) is 5.29. The Kier molecular flexibility index (Phi) is 5.35. The molecule has 3 aromatic rings. The summed E-state index contributed by atoms with van der Waals surface area (Å²) in [6, 6.07) is 7.33. The average Bonchev–Trinajstić information content (AvgIpc) is 3.26. The second-order valence-electron chi connectivity index (χ2n) is 6.92. The first-order valence-electron chi connectivity index (χ1n) is 9.41. The highest BCUT2D eigenvalue weighted by molar-refractivity contribution is 6.31. The molecule has 8 nitrogen and oxygen atoms in total. The first-order valence-corrected chi connectivity index (χ1v) is 9.79. The van der Waals surface area contributed by atoms with Crippen LogP contribution in [-0.2, 0) is 0 Å². The van der Waals surface area contributed by atoms with Gasteiger partial charge in [0.2, 0.25) is 0 Å². The van der Waals surface area contributed by atoms with Gasteiger partial charge in [-0.3, -0.25) is 4.57 Å². The van der Waals surface area contributed by atoms with Gasteiger partial charge in [-0.15, -0.1) is 0 Å². The Morgan fingerprint density at radius 2 is 1.86 bits per heavy atom. The Balaban J connectivity index is 1.42. The predicted molar refractivity (Wildman–Crippen MR) is 113 cm³/mol. The van der Waals surface area contributed by atoms with Crippen LogP contribution in [0.25, 0.3) is 5.82 Å². The van der Waals surface area contributed by atoms with Crippen LogP contribution in [-0.4, -0.2) is 56.6 Å². The summed E-state index contributed by atoms with van der Waals surface area (Å²) in [4.78, 5) is 29.8. The molecule has 1 fully saturated rings. The van der Waals surface area contributed by atoms with Crippen LogP contribution in [0.15, 0.2) is 43.0 Å². The molecule has 0 bridgehead atoms. The molecule has 0 unspecified atom stereocenters. The zero-order valence-corrected chi connectivity index (χ0v) is 17.1. The molecule has 29 heavy (non-hydrogen) atoms. The molecule has 2 amide bonds. The Morgan fingerprint density at radius 3 is 2.59 bits per heavy atom. The molecule has 150 valence electrons. The number of amides is 2. The third-order valence-electron chi connectivity index (χ3n) is 4.98. The third-order valence-corrected chi connectivity index (χ3v) is 5.39. The van der Waals surface area contributed by atoms with Crippen molar-refractivity contribution in [3.05, 3.63) is 59.4 Å². The summed E-state index contributed by atoms with van der Waals surface area (Å²) in [7, 11) is 0. The van der Waals surface area contributed by atoms with E-state index in [0.29, 0.717) is 37.0 Å². The lowest BCUT2D eigenvalue weighted by Crippen LogP contribution is -2.50. The number of anilines is 2. The number of aromatic nitrogens is 4. The normalized spacial score (nSPS) is 14.2. The first kappa shape index (κ1) is 19.2. The van der Waals surface area contributed by atoms with E-state index in [1.807, 2.05) is 53.8 Å². The van der Waals surface area contributed by atoms with Crippen molar-refractivity contribution in [3.63, 3.8) is 0 Å². The van der Waals surface area contributed by atoms with Gasteiger partial charge < -0.3 is 15.1 Å². The van der Waals surface area contributed by atoms with Crippen LogP contribution >= 0.6 is 11.6 Å². The fourth-order valence-electron chi connectivity index (χ4n) is 3.30. The maximum atomic E-state index is 12.7. The molecule has 0 saturated carbocycles. The maximum absolute atomic E-state index is 12.7. The Labute approximate surface area is 174 Å². The van der Waals surface area contributed by atoms with Gasteiger partial charge in [-0.1, -0.05) is 17.7 Å². The number of nitrogens with one attached hydrogen (secondary N) is 1.